The summed E-state index contributed by atoms with van der Waals surface area (Å²) in [7, 11) is 2.04. The summed E-state index contributed by atoms with van der Waals surface area (Å²) in [6.07, 6.45) is -0.758. The lowest BCUT2D eigenvalue weighted by Crippen LogP contribution is -2.42. The molecule has 0 amide bonds. The van der Waals surface area contributed by atoms with Gasteiger partial charge in [0, 0.05) is 18.7 Å². The minimum absolute atomic E-state index is 0.00523. The number of aliphatic hydroxyl groups is 1. The lowest BCUT2D eigenvalue weighted by atomic mass is 10.1. The van der Waals surface area contributed by atoms with Gasteiger partial charge in [-0.1, -0.05) is 0 Å². The van der Waals surface area contributed by atoms with Gasteiger partial charge < -0.3 is 19.5 Å². The van der Waals surface area contributed by atoms with Crippen molar-refractivity contribution in [3.05, 3.63) is 29.6 Å². The van der Waals surface area contributed by atoms with E-state index in [1.54, 1.807) is 13.0 Å². The number of hydrogen-bond donors (Lipinski definition) is 1. The second kappa shape index (κ2) is 6.32. The summed E-state index contributed by atoms with van der Waals surface area (Å²) in [6, 6.07) is 4.17. The number of nitrogens with zero attached hydrogens (tertiary/aromatic N) is 1. The van der Waals surface area contributed by atoms with Crippen molar-refractivity contribution in [1.29, 1.82) is 0 Å². The molecule has 106 valence electrons. The summed E-state index contributed by atoms with van der Waals surface area (Å²) in [5.41, 5.74) is 0.462. The zero-order chi connectivity index (χ0) is 13.8. The third-order valence-electron chi connectivity index (χ3n) is 3.19. The average Bonchev–Trinajstić information content (AvgIpc) is 2.37. The molecule has 4 nitrogen and oxygen atoms in total. The maximum absolute atomic E-state index is 13.2. The van der Waals surface area contributed by atoms with Gasteiger partial charge in [-0.25, -0.2) is 4.39 Å². The van der Waals surface area contributed by atoms with E-state index in [1.165, 1.54) is 12.1 Å². The number of morpholine rings is 1. The fraction of sp³-hybridized carbons (Fsp3) is 0.571. The monoisotopic (exact) mass is 269 g/mol. The van der Waals surface area contributed by atoms with Gasteiger partial charge in [0.05, 0.1) is 12.7 Å². The molecule has 0 aliphatic carbocycles. The molecular weight excluding hydrogens is 249 g/mol. The summed E-state index contributed by atoms with van der Waals surface area (Å²) >= 11 is 0. The molecule has 2 rings (SSSR count). The molecule has 2 unspecified atom stereocenters. The zero-order valence-corrected chi connectivity index (χ0v) is 11.3. The molecule has 1 aliphatic heterocycles. The van der Waals surface area contributed by atoms with E-state index >= 15 is 0 Å². The fourth-order valence-corrected chi connectivity index (χ4v) is 2.13. The Kier molecular flexibility index (Phi) is 4.74. The molecule has 1 heterocycles. The van der Waals surface area contributed by atoms with E-state index in [2.05, 4.69) is 4.90 Å². The Morgan fingerprint density at radius 2 is 2.37 bits per heavy atom. The van der Waals surface area contributed by atoms with Crippen LogP contribution >= 0.6 is 0 Å². The largest absolute Gasteiger partial charge is 0.490 e. The van der Waals surface area contributed by atoms with Crippen LogP contribution in [0.15, 0.2) is 18.2 Å². The van der Waals surface area contributed by atoms with Crippen LogP contribution in [0.2, 0.25) is 0 Å². The van der Waals surface area contributed by atoms with E-state index in [0.717, 1.165) is 13.1 Å². The maximum Gasteiger partial charge on any atom is 0.125 e. The molecule has 1 aromatic carbocycles. The molecule has 1 aliphatic rings. The first-order valence-corrected chi connectivity index (χ1v) is 6.46. The summed E-state index contributed by atoms with van der Waals surface area (Å²) in [5.74, 6) is 0.130. The minimum Gasteiger partial charge on any atom is -0.490 e. The smallest absolute Gasteiger partial charge is 0.125 e. The highest BCUT2D eigenvalue weighted by Gasteiger charge is 2.19. The van der Waals surface area contributed by atoms with Crippen molar-refractivity contribution in [1.82, 2.24) is 4.90 Å². The van der Waals surface area contributed by atoms with E-state index in [0.29, 0.717) is 24.5 Å². The third kappa shape index (κ3) is 3.89. The predicted octanol–water partition coefficient (Wildman–Crippen LogP) is 1.59. The van der Waals surface area contributed by atoms with Gasteiger partial charge in [0.1, 0.15) is 24.3 Å². The Morgan fingerprint density at radius 3 is 3.05 bits per heavy atom. The molecule has 0 aromatic heterocycles. The van der Waals surface area contributed by atoms with Gasteiger partial charge in [0.15, 0.2) is 0 Å². The second-order valence-corrected chi connectivity index (χ2v) is 4.92. The molecule has 1 fully saturated rings. The molecule has 5 heteroatoms. The number of halogens is 1. The van der Waals surface area contributed by atoms with Gasteiger partial charge >= 0.3 is 0 Å². The van der Waals surface area contributed by atoms with E-state index in [4.69, 9.17) is 9.47 Å². The van der Waals surface area contributed by atoms with Crippen LogP contribution in [0.3, 0.4) is 0 Å². The number of hydrogen-bond acceptors (Lipinski definition) is 4. The van der Waals surface area contributed by atoms with Crippen molar-refractivity contribution in [3.63, 3.8) is 0 Å². The summed E-state index contributed by atoms with van der Waals surface area (Å²) in [4.78, 5) is 2.18. The van der Waals surface area contributed by atoms with E-state index < -0.39 is 6.10 Å². The van der Waals surface area contributed by atoms with E-state index in [1.807, 2.05) is 7.05 Å². The van der Waals surface area contributed by atoms with E-state index in [-0.39, 0.29) is 11.9 Å². The normalized spacial score (nSPS) is 22.2. The molecule has 2 atom stereocenters. The van der Waals surface area contributed by atoms with Gasteiger partial charge in [-0.15, -0.1) is 0 Å². The van der Waals surface area contributed by atoms with Gasteiger partial charge in [0.25, 0.3) is 0 Å². The minimum atomic E-state index is -0.763. The molecule has 1 saturated heterocycles. The van der Waals surface area contributed by atoms with Crippen molar-refractivity contribution in [3.8, 4) is 5.75 Å². The number of benzene rings is 1. The molecular formula is C14H20FNO3. The average molecular weight is 269 g/mol. The first-order valence-electron chi connectivity index (χ1n) is 6.46. The Balaban J connectivity index is 1.99. The molecule has 1 aromatic rings. The molecule has 1 N–H and O–H groups in total. The highest BCUT2D eigenvalue weighted by Crippen LogP contribution is 2.26. The molecule has 0 radical (unpaired) electrons. The Bertz CT molecular complexity index is 425. The topological polar surface area (TPSA) is 41.9 Å². The zero-order valence-electron chi connectivity index (χ0n) is 11.3. The first kappa shape index (κ1) is 14.2. The first-order chi connectivity index (χ1) is 9.06. The van der Waals surface area contributed by atoms with Gasteiger partial charge in [-0.05, 0) is 32.2 Å². The van der Waals surface area contributed by atoms with Crippen molar-refractivity contribution in [2.24, 2.45) is 0 Å². The second-order valence-electron chi connectivity index (χ2n) is 4.92. The maximum atomic E-state index is 13.2. The quantitative estimate of drug-likeness (QED) is 0.901. The molecule has 19 heavy (non-hydrogen) atoms. The lowest BCUT2D eigenvalue weighted by Gasteiger charge is -2.30. The van der Waals surface area contributed by atoms with Crippen LogP contribution in [0, 0.1) is 5.82 Å². The SMILES string of the molecule is CC(O)c1cc(F)ccc1OCC1CN(C)CCO1. The molecule has 0 spiro atoms. The summed E-state index contributed by atoms with van der Waals surface area (Å²) in [5, 5.41) is 9.62. The number of likely N-dealkylation sites (N-methyl/N-ethyl adjacent to an activating group) is 1. The van der Waals surface area contributed by atoms with Crippen LogP contribution < -0.4 is 4.74 Å². The molecule has 0 saturated carbocycles. The summed E-state index contributed by atoms with van der Waals surface area (Å²) in [6.45, 7) is 4.41. The Morgan fingerprint density at radius 1 is 1.58 bits per heavy atom. The number of rotatable bonds is 4. The van der Waals surface area contributed by atoms with Crippen LogP contribution in [0.25, 0.3) is 0 Å². The van der Waals surface area contributed by atoms with Crippen LogP contribution in [0.5, 0.6) is 5.75 Å². The highest BCUT2D eigenvalue weighted by molar-refractivity contribution is 5.35. The number of ether oxygens (including phenoxy) is 2. The van der Waals surface area contributed by atoms with Crippen molar-refractivity contribution < 1.29 is 19.0 Å². The fourth-order valence-electron chi connectivity index (χ4n) is 2.13. The lowest BCUT2D eigenvalue weighted by molar-refractivity contribution is -0.0407. The Hall–Kier alpha value is -1.17. The number of aliphatic hydroxyl groups excluding tert-OH is 1. The summed E-state index contributed by atoms with van der Waals surface area (Å²) < 4.78 is 24.4. The van der Waals surface area contributed by atoms with Crippen LogP contribution in [-0.2, 0) is 4.74 Å². The predicted molar refractivity (Wildman–Crippen MR) is 69.8 cm³/mol. The standard InChI is InChI=1S/C14H20FNO3/c1-10(17)13-7-11(15)3-4-14(13)19-9-12-8-16(2)5-6-18-12/h3-4,7,10,12,17H,5-6,8-9H2,1-2H3. The van der Waals surface area contributed by atoms with Crippen LogP contribution in [0.1, 0.15) is 18.6 Å². The van der Waals surface area contributed by atoms with Crippen molar-refractivity contribution >= 4 is 0 Å². The van der Waals surface area contributed by atoms with Crippen molar-refractivity contribution in [2.45, 2.75) is 19.1 Å². The van der Waals surface area contributed by atoms with E-state index in [9.17, 15) is 9.50 Å². The third-order valence-corrected chi connectivity index (χ3v) is 3.19. The van der Waals surface area contributed by atoms with Crippen LogP contribution in [0.4, 0.5) is 4.39 Å². The van der Waals surface area contributed by atoms with Crippen LogP contribution in [-0.4, -0.2) is 49.5 Å². The van der Waals surface area contributed by atoms with Gasteiger partial charge in [0.2, 0.25) is 0 Å². The highest BCUT2D eigenvalue weighted by atomic mass is 19.1. The van der Waals surface area contributed by atoms with Gasteiger partial charge in [-0.2, -0.15) is 0 Å². The van der Waals surface area contributed by atoms with Crippen molar-refractivity contribution in [2.75, 3.05) is 33.4 Å². The van der Waals surface area contributed by atoms with Gasteiger partial charge in [-0.3, -0.25) is 0 Å². The molecule has 0 bridgehead atoms. The Labute approximate surface area is 112 Å².